The summed E-state index contributed by atoms with van der Waals surface area (Å²) >= 11 is 0. The summed E-state index contributed by atoms with van der Waals surface area (Å²) in [4.78, 5) is 22.9. The minimum Gasteiger partial charge on any atom is -1.00 e. The lowest BCUT2D eigenvalue weighted by atomic mass is 10.2. The molecule has 5 nitrogen and oxygen atoms in total. The van der Waals surface area contributed by atoms with Gasteiger partial charge in [-0.15, -0.1) is 0 Å². The van der Waals surface area contributed by atoms with Gasteiger partial charge in [0, 0.05) is 11.8 Å². The molecule has 0 aliphatic rings. The van der Waals surface area contributed by atoms with Crippen LogP contribution in [0.25, 0.3) is 0 Å². The first-order chi connectivity index (χ1) is 9.15. The molecule has 0 saturated heterocycles. The van der Waals surface area contributed by atoms with Crippen LogP contribution >= 0.6 is 0 Å². The summed E-state index contributed by atoms with van der Waals surface area (Å²) in [5.74, 6) is -0.685. The maximum Gasteiger partial charge on any atom is 0.290 e. The molecule has 0 aliphatic heterocycles. The van der Waals surface area contributed by atoms with Crippen molar-refractivity contribution in [1.82, 2.24) is 0 Å². The minimum atomic E-state index is -0.516. The first-order valence-electron chi connectivity index (χ1n) is 5.79. The van der Waals surface area contributed by atoms with Gasteiger partial charge in [-0.2, -0.15) is 4.57 Å². The van der Waals surface area contributed by atoms with Gasteiger partial charge in [0.1, 0.15) is 5.56 Å². The third-order valence-corrected chi connectivity index (χ3v) is 2.53. The van der Waals surface area contributed by atoms with E-state index in [2.05, 4.69) is 5.32 Å². The molecule has 20 heavy (non-hydrogen) atoms. The average Bonchev–Trinajstić information content (AvgIpc) is 2.40. The minimum absolute atomic E-state index is 0. The fourth-order valence-corrected chi connectivity index (χ4v) is 1.65. The van der Waals surface area contributed by atoms with Crippen LogP contribution in [0.1, 0.15) is 10.4 Å². The van der Waals surface area contributed by atoms with Crippen molar-refractivity contribution in [3.63, 3.8) is 0 Å². The summed E-state index contributed by atoms with van der Waals surface area (Å²) in [6.07, 6.45) is 3.25. The number of nitrogens with two attached hydrogens (primary N) is 1. The van der Waals surface area contributed by atoms with Crippen molar-refractivity contribution in [3.8, 4) is 0 Å². The number of anilines is 1. The van der Waals surface area contributed by atoms with E-state index in [0.717, 1.165) is 5.69 Å². The van der Waals surface area contributed by atoms with Crippen molar-refractivity contribution in [1.29, 1.82) is 0 Å². The third-order valence-electron chi connectivity index (χ3n) is 2.53. The molecule has 0 atom stereocenters. The maximum absolute atomic E-state index is 11.8. The summed E-state index contributed by atoms with van der Waals surface area (Å²) in [6.45, 7) is 0.121. The van der Waals surface area contributed by atoms with Crippen LogP contribution in [0.5, 0.6) is 0 Å². The van der Waals surface area contributed by atoms with Crippen molar-refractivity contribution in [2.45, 2.75) is 6.54 Å². The Morgan fingerprint density at radius 3 is 2.45 bits per heavy atom. The Balaban J connectivity index is 0.00000200. The van der Waals surface area contributed by atoms with E-state index in [-0.39, 0.29) is 24.9 Å². The van der Waals surface area contributed by atoms with E-state index in [9.17, 15) is 9.59 Å². The summed E-state index contributed by atoms with van der Waals surface area (Å²) in [7, 11) is 0. The summed E-state index contributed by atoms with van der Waals surface area (Å²) in [5.41, 5.74) is 6.29. The van der Waals surface area contributed by atoms with E-state index in [1.807, 2.05) is 30.3 Å². The van der Waals surface area contributed by atoms with Gasteiger partial charge in [0.25, 0.3) is 11.8 Å². The number of nitrogens with one attached hydrogen (secondary N) is 1. The first kappa shape index (κ1) is 15.7. The first-order valence-corrected chi connectivity index (χ1v) is 5.79. The number of aromatic nitrogens is 1. The second kappa shape index (κ2) is 7.25. The van der Waals surface area contributed by atoms with E-state index in [1.165, 1.54) is 0 Å². The number of para-hydroxylation sites is 1. The highest BCUT2D eigenvalue weighted by Crippen LogP contribution is 2.04. The second-order valence-corrected chi connectivity index (χ2v) is 4.04. The van der Waals surface area contributed by atoms with Gasteiger partial charge in [-0.25, -0.2) is 0 Å². The predicted octanol–water partition coefficient (Wildman–Crippen LogP) is -2.28. The Kier molecular flexibility index (Phi) is 5.68. The van der Waals surface area contributed by atoms with E-state index in [4.69, 9.17) is 5.73 Å². The van der Waals surface area contributed by atoms with Gasteiger partial charge in [-0.3, -0.25) is 9.59 Å². The molecular formula is C14H14ClN3O2. The number of carbonyl (C=O) groups excluding carboxylic acids is 2. The van der Waals surface area contributed by atoms with E-state index >= 15 is 0 Å². The van der Waals surface area contributed by atoms with Gasteiger partial charge in [0.2, 0.25) is 6.54 Å². The van der Waals surface area contributed by atoms with Crippen molar-refractivity contribution in [3.05, 3.63) is 60.4 Å². The number of hydrogen-bond donors (Lipinski definition) is 2. The fourth-order valence-electron chi connectivity index (χ4n) is 1.65. The quantitative estimate of drug-likeness (QED) is 0.623. The van der Waals surface area contributed by atoms with Gasteiger partial charge in [0.05, 0.1) is 0 Å². The SMILES string of the molecule is NC(=O)c1ccc[n+](CC(=O)Nc2ccccc2)c1.[Cl-]. The molecule has 3 N–H and O–H groups in total. The van der Waals surface area contributed by atoms with Crippen molar-refractivity contribution < 1.29 is 26.6 Å². The van der Waals surface area contributed by atoms with Gasteiger partial charge in [-0.1, -0.05) is 18.2 Å². The molecule has 0 bridgehead atoms. The summed E-state index contributed by atoms with van der Waals surface area (Å²) in [5, 5.41) is 2.76. The highest BCUT2D eigenvalue weighted by molar-refractivity contribution is 5.92. The molecule has 0 unspecified atom stereocenters. The predicted molar refractivity (Wildman–Crippen MR) is 70.2 cm³/mol. The van der Waals surface area contributed by atoms with Crippen molar-refractivity contribution >= 4 is 17.5 Å². The van der Waals surface area contributed by atoms with Crippen LogP contribution in [0.2, 0.25) is 0 Å². The lowest BCUT2D eigenvalue weighted by Crippen LogP contribution is -3.00. The van der Waals surface area contributed by atoms with E-state index in [1.54, 1.807) is 29.1 Å². The Morgan fingerprint density at radius 1 is 1.10 bits per heavy atom. The van der Waals surface area contributed by atoms with Gasteiger partial charge in [-0.05, 0) is 18.2 Å². The number of halogens is 1. The molecule has 0 saturated carbocycles. The number of benzene rings is 1. The molecular weight excluding hydrogens is 278 g/mol. The molecule has 0 fully saturated rings. The Bertz CT molecular complexity index is 602. The molecule has 0 aliphatic carbocycles. The average molecular weight is 292 g/mol. The lowest BCUT2D eigenvalue weighted by molar-refractivity contribution is -0.684. The third kappa shape index (κ3) is 4.37. The number of nitrogens with zero attached hydrogens (tertiary/aromatic N) is 1. The standard InChI is InChI=1S/C14H13N3O2.ClH/c15-14(19)11-5-4-8-17(9-11)10-13(18)16-12-6-2-1-3-7-12;/h1-9H,10H2,(H2-,15,16,18,19);1H. The highest BCUT2D eigenvalue weighted by Gasteiger charge is 2.11. The maximum atomic E-state index is 11.8. The molecule has 1 aromatic carbocycles. The topological polar surface area (TPSA) is 76.1 Å². The zero-order valence-electron chi connectivity index (χ0n) is 10.6. The Labute approximate surface area is 122 Å². The number of pyridine rings is 1. The highest BCUT2D eigenvalue weighted by atomic mass is 35.5. The van der Waals surface area contributed by atoms with Crippen LogP contribution < -0.4 is 28.0 Å². The van der Waals surface area contributed by atoms with Crippen LogP contribution in [0, 0.1) is 0 Å². The normalized spacial score (nSPS) is 9.40. The van der Waals surface area contributed by atoms with Crippen molar-refractivity contribution in [2.75, 3.05) is 5.32 Å². The second-order valence-electron chi connectivity index (χ2n) is 4.04. The number of hydrogen-bond acceptors (Lipinski definition) is 2. The Morgan fingerprint density at radius 2 is 1.80 bits per heavy atom. The molecule has 6 heteroatoms. The molecule has 2 aromatic rings. The van der Waals surface area contributed by atoms with Gasteiger partial charge >= 0.3 is 0 Å². The van der Waals surface area contributed by atoms with E-state index in [0.29, 0.717) is 5.56 Å². The lowest BCUT2D eigenvalue weighted by Gasteiger charge is -2.02. The van der Waals surface area contributed by atoms with Crippen molar-refractivity contribution in [2.24, 2.45) is 5.73 Å². The number of amides is 2. The molecule has 0 radical (unpaired) electrons. The van der Waals surface area contributed by atoms with Crippen LogP contribution in [0.4, 0.5) is 5.69 Å². The largest absolute Gasteiger partial charge is 1.00 e. The molecule has 104 valence electrons. The molecule has 2 rings (SSSR count). The monoisotopic (exact) mass is 291 g/mol. The molecule has 1 aromatic heterocycles. The van der Waals surface area contributed by atoms with Crippen LogP contribution in [-0.4, -0.2) is 11.8 Å². The zero-order valence-corrected chi connectivity index (χ0v) is 11.4. The Hall–Kier alpha value is -2.40. The number of primary amides is 1. The van der Waals surface area contributed by atoms with Gasteiger partial charge < -0.3 is 23.5 Å². The zero-order chi connectivity index (χ0) is 13.7. The van der Waals surface area contributed by atoms with Crippen LogP contribution in [-0.2, 0) is 11.3 Å². The van der Waals surface area contributed by atoms with Crippen LogP contribution in [0.15, 0.2) is 54.9 Å². The smallest absolute Gasteiger partial charge is 0.290 e. The molecule has 0 spiro atoms. The van der Waals surface area contributed by atoms with Gasteiger partial charge in [0.15, 0.2) is 12.4 Å². The molecule has 1 heterocycles. The number of carbonyl (C=O) groups is 2. The summed E-state index contributed by atoms with van der Waals surface area (Å²) in [6, 6.07) is 12.5. The fraction of sp³-hybridized carbons (Fsp3) is 0.0714. The molecule has 2 amide bonds. The van der Waals surface area contributed by atoms with E-state index < -0.39 is 5.91 Å². The van der Waals surface area contributed by atoms with Crippen LogP contribution in [0.3, 0.4) is 0 Å². The number of rotatable bonds is 4. The summed E-state index contributed by atoms with van der Waals surface area (Å²) < 4.78 is 1.61.